The number of carbonyl (C=O) groups excluding carboxylic acids is 9. The highest BCUT2D eigenvalue weighted by molar-refractivity contribution is 5.99. The van der Waals surface area contributed by atoms with E-state index in [-0.39, 0.29) is 87.7 Å². The molecule has 75 heavy (non-hydrogen) atoms. The number of aliphatic hydroxyl groups excluding tert-OH is 1. The van der Waals surface area contributed by atoms with Crippen LogP contribution < -0.4 is 48.7 Å². The van der Waals surface area contributed by atoms with Crippen molar-refractivity contribution in [3.63, 3.8) is 0 Å². The molecule has 0 aromatic heterocycles. The molecule has 2 aliphatic rings. The lowest BCUT2D eigenvalue weighted by molar-refractivity contribution is -0.149. The molecule has 2 saturated heterocycles. The number of nitrogens with zero attached hydrogens (tertiary/aromatic N) is 2. The first-order valence-corrected chi connectivity index (χ1v) is 26.7. The Morgan fingerprint density at radius 1 is 0.680 bits per heavy atom. The van der Waals surface area contributed by atoms with E-state index >= 15 is 0 Å². The fraction of sp³-hybridized carbons (Fsp3) is 0.698. The van der Waals surface area contributed by atoms with Crippen molar-refractivity contribution < 1.29 is 48.3 Å². The molecule has 0 spiro atoms. The van der Waals surface area contributed by atoms with Gasteiger partial charge in [0.1, 0.15) is 48.1 Å². The van der Waals surface area contributed by atoms with Crippen LogP contribution in [-0.2, 0) is 49.6 Å². The molecule has 3 rings (SSSR count). The zero-order valence-corrected chi connectivity index (χ0v) is 45.8. The lowest BCUT2D eigenvalue weighted by Gasteiger charge is -2.34. The summed E-state index contributed by atoms with van der Waals surface area (Å²) in [5.41, 5.74) is 12.7. The van der Waals surface area contributed by atoms with E-state index in [9.17, 15) is 48.3 Å². The van der Waals surface area contributed by atoms with Crippen molar-refractivity contribution in [3.05, 3.63) is 35.9 Å². The number of Topliss-reactive ketones (excluding diaryl/α,β-unsaturated/α-hetero) is 1. The summed E-state index contributed by atoms with van der Waals surface area (Å²) in [7, 11) is 0. The maximum atomic E-state index is 14.4. The number of hydrogen-bond acceptors (Lipinski definition) is 13. The second-order valence-electron chi connectivity index (χ2n) is 21.5. The van der Waals surface area contributed by atoms with E-state index in [0.717, 1.165) is 5.56 Å². The minimum Gasteiger partial charge on any atom is -0.391 e. The normalized spacial score (nSPS) is 19.2. The molecule has 2 heterocycles. The molecule has 0 radical (unpaired) electrons. The molecule has 420 valence electrons. The summed E-state index contributed by atoms with van der Waals surface area (Å²) in [6.07, 6.45) is 1.08. The molecule has 2 aliphatic heterocycles. The van der Waals surface area contributed by atoms with Crippen molar-refractivity contribution >= 4 is 58.9 Å². The molecule has 0 aliphatic carbocycles. The SMILES string of the molecule is CCC(C)C(NC(=O)C(CC(C)C)NC(=O)C(N)Cc1ccccc1)C(=O)NC(CCNCC(=N)N)C(=O)NC(CC(C)C)C(=O)NC(C(=O)N1CCCC1C(=O)N1CCCC1C(=O)NC(C(C)=O)C(C)C)C(C)O. The predicted molar refractivity (Wildman–Crippen MR) is 284 cm³/mol. The molecular weight excluding hydrogens is 965 g/mol. The van der Waals surface area contributed by atoms with Gasteiger partial charge in [0.25, 0.3) is 0 Å². The minimum atomic E-state index is -1.55. The predicted octanol–water partition coefficient (Wildman–Crippen LogP) is 0.127. The maximum absolute atomic E-state index is 14.4. The number of benzene rings is 1. The molecule has 11 unspecified atom stereocenters. The smallest absolute Gasteiger partial charge is 0.248 e. The first kappa shape index (κ1) is 63.3. The highest BCUT2D eigenvalue weighted by Crippen LogP contribution is 2.27. The van der Waals surface area contributed by atoms with Gasteiger partial charge in [-0.1, -0.05) is 92.1 Å². The summed E-state index contributed by atoms with van der Waals surface area (Å²) in [5, 5.41) is 38.1. The van der Waals surface area contributed by atoms with Crippen LogP contribution in [0.4, 0.5) is 0 Å². The highest BCUT2D eigenvalue weighted by Gasteiger charge is 2.45. The molecular formula is C53H88N12O10. The van der Waals surface area contributed by atoms with Crippen molar-refractivity contribution in [2.75, 3.05) is 26.2 Å². The Balaban J connectivity index is 1.84. The van der Waals surface area contributed by atoms with E-state index < -0.39 is 114 Å². The van der Waals surface area contributed by atoms with E-state index in [0.29, 0.717) is 25.7 Å². The van der Waals surface area contributed by atoms with E-state index in [1.54, 1.807) is 6.92 Å². The summed E-state index contributed by atoms with van der Waals surface area (Å²) < 4.78 is 0. The number of likely N-dealkylation sites (tertiary alicyclic amines) is 2. The van der Waals surface area contributed by atoms with Crippen LogP contribution in [-0.4, -0.2) is 160 Å². The Morgan fingerprint density at radius 3 is 1.72 bits per heavy atom. The Bertz CT molecular complexity index is 2120. The van der Waals surface area contributed by atoms with Crippen molar-refractivity contribution in [3.8, 4) is 0 Å². The Kier molecular flexibility index (Phi) is 25.8. The van der Waals surface area contributed by atoms with Crippen molar-refractivity contribution in [1.29, 1.82) is 5.41 Å². The van der Waals surface area contributed by atoms with Crippen molar-refractivity contribution in [1.82, 2.24) is 47.0 Å². The molecule has 11 atom stereocenters. The lowest BCUT2D eigenvalue weighted by atomic mass is 9.96. The number of carbonyl (C=O) groups is 9. The van der Waals surface area contributed by atoms with Gasteiger partial charge in [-0.05, 0) is 101 Å². The fourth-order valence-electron chi connectivity index (χ4n) is 9.46. The average molecular weight is 1050 g/mol. The molecule has 22 nitrogen and oxygen atoms in total. The molecule has 2 fully saturated rings. The molecule has 0 bridgehead atoms. The quantitative estimate of drug-likeness (QED) is 0.0278. The molecule has 1 aromatic carbocycles. The van der Waals surface area contributed by atoms with Crippen LogP contribution in [0, 0.1) is 29.1 Å². The number of amidine groups is 1. The van der Waals surface area contributed by atoms with Gasteiger partial charge in [0, 0.05) is 13.1 Å². The van der Waals surface area contributed by atoms with Crippen LogP contribution in [0.2, 0.25) is 0 Å². The number of rotatable bonds is 30. The number of nitrogens with two attached hydrogens (primary N) is 2. The van der Waals surface area contributed by atoms with E-state index in [1.807, 2.05) is 78.8 Å². The van der Waals surface area contributed by atoms with Gasteiger partial charge >= 0.3 is 0 Å². The third-order valence-electron chi connectivity index (χ3n) is 13.8. The second kappa shape index (κ2) is 30.5. The van der Waals surface area contributed by atoms with Crippen LogP contribution in [0.5, 0.6) is 0 Å². The van der Waals surface area contributed by atoms with Crippen molar-refractivity contribution in [2.24, 2.45) is 35.1 Å². The molecule has 0 saturated carbocycles. The molecule has 8 amide bonds. The summed E-state index contributed by atoms with van der Waals surface area (Å²) in [6, 6.07) is -0.704. The van der Waals surface area contributed by atoms with E-state index in [4.69, 9.17) is 16.9 Å². The number of hydrogen-bond donors (Lipinski definition) is 11. The topological polar surface area (TPSA) is 340 Å². The largest absolute Gasteiger partial charge is 0.391 e. The van der Waals surface area contributed by atoms with Gasteiger partial charge in [-0.2, -0.15) is 0 Å². The van der Waals surface area contributed by atoms with Crippen LogP contribution in [0.3, 0.4) is 0 Å². The van der Waals surface area contributed by atoms with Gasteiger partial charge in [0.2, 0.25) is 47.3 Å². The van der Waals surface area contributed by atoms with Gasteiger partial charge in [-0.15, -0.1) is 0 Å². The zero-order valence-electron chi connectivity index (χ0n) is 45.8. The summed E-state index contributed by atoms with van der Waals surface area (Å²) in [6.45, 7) is 17.8. The Labute approximate surface area is 443 Å². The van der Waals surface area contributed by atoms with Crippen molar-refractivity contribution in [2.45, 2.75) is 188 Å². The summed E-state index contributed by atoms with van der Waals surface area (Å²) >= 11 is 0. The fourth-order valence-corrected chi connectivity index (χ4v) is 9.46. The highest BCUT2D eigenvalue weighted by atomic mass is 16.3. The first-order chi connectivity index (χ1) is 35.3. The molecule has 1 aromatic rings. The third kappa shape index (κ3) is 19.6. The van der Waals surface area contributed by atoms with Gasteiger partial charge in [0.15, 0.2) is 5.78 Å². The second-order valence-corrected chi connectivity index (χ2v) is 21.5. The standard InChI is InChI=1S/C53H88N12O10/c1-11-32(8)44(62-48(70)38(25-29(2)3)59-46(68)36(54)27-35-17-13-12-14-18-35)51(73)58-37(21-22-57-28-42(55)56)47(69)60-39(26-30(4)5)49(71)63-45(34(10)67)53(75)65-24-16-20-41(65)52(74)64-23-15-19-40(64)50(72)61-43(31(6)7)33(9)66/h12-14,17-18,29-32,34,36-41,43-45,57,67H,11,15-16,19-28,54H2,1-10H3,(H3,55,56)(H,58,73)(H,59,68)(H,60,69)(H,61,72)(H,62,70)(H,63,71). The van der Waals surface area contributed by atoms with E-state index in [2.05, 4.69) is 37.2 Å². The average Bonchev–Trinajstić information content (AvgIpc) is 4.05. The molecule has 22 heteroatoms. The monoisotopic (exact) mass is 1050 g/mol. The van der Waals surface area contributed by atoms with Crippen LogP contribution in [0.1, 0.15) is 126 Å². The van der Waals surface area contributed by atoms with Crippen LogP contribution >= 0.6 is 0 Å². The summed E-state index contributed by atoms with van der Waals surface area (Å²) in [5.74, 6) is -6.36. The minimum absolute atomic E-state index is 0.0177. The Morgan fingerprint density at radius 2 is 1.20 bits per heavy atom. The number of nitrogens with one attached hydrogen (secondary N) is 8. The number of ketones is 1. The van der Waals surface area contributed by atoms with Gasteiger partial charge in [0.05, 0.1) is 24.7 Å². The van der Waals surface area contributed by atoms with Gasteiger partial charge < -0.3 is 63.6 Å². The maximum Gasteiger partial charge on any atom is 0.248 e. The van der Waals surface area contributed by atoms with Crippen LogP contribution in [0.25, 0.3) is 0 Å². The Hall–Kier alpha value is -6.00. The zero-order chi connectivity index (χ0) is 56.3. The molecule has 13 N–H and O–H groups in total. The number of amides is 8. The van der Waals surface area contributed by atoms with Gasteiger partial charge in [-0.25, -0.2) is 0 Å². The third-order valence-corrected chi connectivity index (χ3v) is 13.8. The van der Waals surface area contributed by atoms with Gasteiger partial charge in [-0.3, -0.25) is 48.6 Å². The lowest BCUT2D eigenvalue weighted by Crippen LogP contribution is -2.62. The number of aliphatic hydroxyl groups is 1. The first-order valence-electron chi connectivity index (χ1n) is 26.7. The summed E-state index contributed by atoms with van der Waals surface area (Å²) in [4.78, 5) is 127. The van der Waals surface area contributed by atoms with Crippen LogP contribution in [0.15, 0.2) is 30.3 Å². The van der Waals surface area contributed by atoms with E-state index in [1.165, 1.54) is 23.6 Å².